The van der Waals surface area contributed by atoms with E-state index < -0.39 is 41.9 Å². The maximum atomic E-state index is 14.6. The number of ether oxygens (including phenoxy) is 1. The molecule has 13 heteroatoms. The van der Waals surface area contributed by atoms with Gasteiger partial charge in [-0.05, 0) is 50.8 Å². The molecule has 9 nitrogen and oxygen atoms in total. The number of carbonyl (C=O) groups excluding carboxylic acids is 2. The molecule has 3 atom stereocenters. The number of hydrogen-bond donors (Lipinski definition) is 3. The van der Waals surface area contributed by atoms with Crippen LogP contribution in [0.1, 0.15) is 41.4 Å². The summed E-state index contributed by atoms with van der Waals surface area (Å²) in [7, 11) is 0. The second-order valence-corrected chi connectivity index (χ2v) is 10.0. The zero-order valence-electron chi connectivity index (χ0n) is 21.2. The number of alkyl halides is 4. The van der Waals surface area contributed by atoms with Gasteiger partial charge in [0.1, 0.15) is 35.6 Å². The van der Waals surface area contributed by atoms with Gasteiger partial charge in [0.2, 0.25) is 0 Å². The van der Waals surface area contributed by atoms with Crippen molar-refractivity contribution < 1.29 is 37.0 Å². The van der Waals surface area contributed by atoms with E-state index in [4.69, 9.17) is 4.74 Å². The molecule has 208 valence electrons. The second kappa shape index (κ2) is 10.1. The summed E-state index contributed by atoms with van der Waals surface area (Å²) in [6, 6.07) is 2.15. The van der Waals surface area contributed by atoms with Crippen LogP contribution in [0.2, 0.25) is 0 Å². The number of aryl methyl sites for hydroxylation is 1. The standard InChI is InChI=1S/C26H27F4N5O4/c1-12-20(24(37)34-18-9-35(8-17(18)27)25(38)13(2)36)22-23(33-12)21(31-11-32-22)16-7-15(26(28,29)30)5-6-19(16)39-10-14-3-4-14/h5-7,11,13-14,17-18,33,36H,3-4,8-10H2,1-2H3,(H,34,37)/t13-,17+,18-/m0/s1. The first-order valence-electron chi connectivity index (χ1n) is 12.5. The fraction of sp³-hybridized carbons (Fsp3) is 0.462. The van der Waals surface area contributed by atoms with Gasteiger partial charge in [-0.3, -0.25) is 9.59 Å². The molecule has 1 aliphatic carbocycles. The zero-order chi connectivity index (χ0) is 28.1. The molecule has 0 spiro atoms. The summed E-state index contributed by atoms with van der Waals surface area (Å²) in [5.74, 6) is -0.731. The monoisotopic (exact) mass is 549 g/mol. The van der Waals surface area contributed by atoms with E-state index in [2.05, 4.69) is 20.3 Å². The number of likely N-dealkylation sites (tertiary alicyclic amines) is 1. The molecule has 3 heterocycles. The van der Waals surface area contributed by atoms with Gasteiger partial charge in [-0.25, -0.2) is 14.4 Å². The zero-order valence-corrected chi connectivity index (χ0v) is 21.2. The van der Waals surface area contributed by atoms with Crippen molar-refractivity contribution in [3.8, 4) is 17.0 Å². The summed E-state index contributed by atoms with van der Waals surface area (Å²) in [6.45, 7) is 2.84. The highest BCUT2D eigenvalue weighted by atomic mass is 19.4. The molecule has 1 saturated carbocycles. The molecule has 1 aromatic carbocycles. The van der Waals surface area contributed by atoms with Gasteiger partial charge in [0.05, 0.1) is 35.8 Å². The Balaban J connectivity index is 1.49. The van der Waals surface area contributed by atoms with Crippen LogP contribution in [0.4, 0.5) is 17.6 Å². The maximum Gasteiger partial charge on any atom is 0.416 e. The first kappa shape index (κ1) is 26.9. The van der Waals surface area contributed by atoms with Gasteiger partial charge in [0.25, 0.3) is 11.8 Å². The summed E-state index contributed by atoms with van der Waals surface area (Å²) in [4.78, 5) is 37.9. The van der Waals surface area contributed by atoms with Gasteiger partial charge in [-0.15, -0.1) is 0 Å². The van der Waals surface area contributed by atoms with E-state index >= 15 is 0 Å². The van der Waals surface area contributed by atoms with Gasteiger partial charge in [0.15, 0.2) is 0 Å². The number of nitrogens with one attached hydrogen (secondary N) is 2. The Morgan fingerprint density at radius 1 is 1.26 bits per heavy atom. The van der Waals surface area contributed by atoms with Crippen molar-refractivity contribution in [3.05, 3.63) is 41.3 Å². The van der Waals surface area contributed by atoms with Gasteiger partial charge >= 0.3 is 6.18 Å². The first-order valence-corrected chi connectivity index (χ1v) is 12.5. The first-order chi connectivity index (χ1) is 18.4. The molecule has 0 unspecified atom stereocenters. The molecule has 1 saturated heterocycles. The Bertz CT molecular complexity index is 1420. The normalized spacial score (nSPS) is 20.3. The number of rotatable bonds is 7. The number of amides is 2. The molecule has 39 heavy (non-hydrogen) atoms. The summed E-state index contributed by atoms with van der Waals surface area (Å²) in [5, 5.41) is 12.1. The molecule has 3 N–H and O–H groups in total. The van der Waals surface area contributed by atoms with Crippen LogP contribution >= 0.6 is 0 Å². The number of hydrogen-bond acceptors (Lipinski definition) is 6. The molecule has 0 bridgehead atoms. The van der Waals surface area contributed by atoms with E-state index in [1.54, 1.807) is 6.92 Å². The smallest absolute Gasteiger partial charge is 0.416 e. The Labute approximate surface area is 220 Å². The number of nitrogens with zero attached hydrogens (tertiary/aromatic N) is 3. The SMILES string of the molecule is Cc1[nH]c2c(-c3cc(C(F)(F)F)ccc3OCC3CC3)ncnc2c1C(=O)N[C@H]1CN(C(=O)[C@H](C)O)C[C@H]1F. The third kappa shape index (κ3) is 5.40. The lowest BCUT2D eigenvalue weighted by atomic mass is 10.0. The topological polar surface area (TPSA) is 120 Å². The summed E-state index contributed by atoms with van der Waals surface area (Å²) in [5.41, 5.74) is 0.136. The van der Waals surface area contributed by atoms with Crippen LogP contribution in [0.25, 0.3) is 22.3 Å². The maximum absolute atomic E-state index is 14.6. The number of aliphatic hydroxyl groups excluding tert-OH is 1. The van der Waals surface area contributed by atoms with Crippen molar-refractivity contribution in [1.29, 1.82) is 0 Å². The van der Waals surface area contributed by atoms with E-state index in [1.807, 2.05) is 0 Å². The average Bonchev–Trinajstić information content (AvgIpc) is 3.55. The molecule has 5 rings (SSSR count). The van der Waals surface area contributed by atoms with Crippen LogP contribution in [0.3, 0.4) is 0 Å². The van der Waals surface area contributed by atoms with Crippen molar-refractivity contribution in [3.63, 3.8) is 0 Å². The van der Waals surface area contributed by atoms with Crippen molar-refractivity contribution in [2.75, 3.05) is 19.7 Å². The Hall–Kier alpha value is -3.74. The van der Waals surface area contributed by atoms with Gasteiger partial charge in [-0.2, -0.15) is 13.2 Å². The summed E-state index contributed by atoms with van der Waals surface area (Å²) in [6.07, 6.45) is -4.32. The van der Waals surface area contributed by atoms with Gasteiger partial charge in [-0.1, -0.05) is 0 Å². The number of H-pyrrole nitrogens is 1. The quantitative estimate of drug-likeness (QED) is 0.389. The minimum Gasteiger partial charge on any atom is -0.493 e. The predicted octanol–water partition coefficient (Wildman–Crippen LogP) is 3.40. The number of fused-ring (bicyclic) bond motifs is 1. The highest BCUT2D eigenvalue weighted by Crippen LogP contribution is 2.40. The molecular weight excluding hydrogens is 522 g/mol. The molecule has 2 aliphatic rings. The number of aromatic amines is 1. The minimum absolute atomic E-state index is 0.0774. The summed E-state index contributed by atoms with van der Waals surface area (Å²) < 4.78 is 61.2. The number of carbonyl (C=O) groups is 2. The predicted molar refractivity (Wildman–Crippen MR) is 132 cm³/mol. The van der Waals surface area contributed by atoms with E-state index in [1.165, 1.54) is 13.0 Å². The fourth-order valence-electron chi connectivity index (χ4n) is 4.70. The van der Waals surface area contributed by atoms with Crippen molar-refractivity contribution in [1.82, 2.24) is 25.2 Å². The van der Waals surface area contributed by atoms with Crippen LogP contribution in [-0.2, 0) is 11.0 Å². The van der Waals surface area contributed by atoms with E-state index in [9.17, 15) is 32.3 Å². The largest absolute Gasteiger partial charge is 0.493 e. The highest BCUT2D eigenvalue weighted by molar-refractivity contribution is 6.09. The molecule has 2 aromatic heterocycles. The van der Waals surface area contributed by atoms with E-state index in [-0.39, 0.29) is 46.7 Å². The molecule has 0 radical (unpaired) electrons. The number of benzene rings is 1. The Morgan fingerprint density at radius 2 is 2.00 bits per heavy atom. The molecule has 2 amide bonds. The Morgan fingerprint density at radius 3 is 2.67 bits per heavy atom. The van der Waals surface area contributed by atoms with Crippen LogP contribution in [0.15, 0.2) is 24.5 Å². The highest BCUT2D eigenvalue weighted by Gasteiger charge is 2.38. The molecule has 2 fully saturated rings. The number of aromatic nitrogens is 3. The lowest BCUT2D eigenvalue weighted by Crippen LogP contribution is -2.42. The van der Waals surface area contributed by atoms with Crippen molar-refractivity contribution in [2.24, 2.45) is 5.92 Å². The minimum atomic E-state index is -4.60. The average molecular weight is 550 g/mol. The summed E-state index contributed by atoms with van der Waals surface area (Å²) >= 11 is 0. The number of aliphatic hydroxyl groups is 1. The van der Waals surface area contributed by atoms with E-state index in [0.29, 0.717) is 18.2 Å². The third-order valence-corrected chi connectivity index (χ3v) is 6.97. The van der Waals surface area contributed by atoms with Crippen LogP contribution in [0.5, 0.6) is 5.75 Å². The fourth-order valence-corrected chi connectivity index (χ4v) is 4.70. The van der Waals surface area contributed by atoms with Crippen LogP contribution in [-0.4, -0.2) is 74.8 Å². The second-order valence-electron chi connectivity index (χ2n) is 10.0. The number of halogens is 4. The van der Waals surface area contributed by atoms with E-state index in [0.717, 1.165) is 36.2 Å². The van der Waals surface area contributed by atoms with Crippen molar-refractivity contribution >= 4 is 22.8 Å². The van der Waals surface area contributed by atoms with Crippen molar-refractivity contribution in [2.45, 2.75) is 51.2 Å². The molecule has 1 aliphatic heterocycles. The van der Waals surface area contributed by atoms with Crippen LogP contribution in [0, 0.1) is 12.8 Å². The van der Waals surface area contributed by atoms with Gasteiger partial charge in [0, 0.05) is 17.8 Å². The Kier molecular flexibility index (Phi) is 6.95. The lowest BCUT2D eigenvalue weighted by Gasteiger charge is -2.18. The molecular formula is C26H27F4N5O4. The molecule has 3 aromatic rings. The lowest BCUT2D eigenvalue weighted by molar-refractivity contribution is -0.138. The van der Waals surface area contributed by atoms with Crippen LogP contribution < -0.4 is 10.1 Å². The third-order valence-electron chi connectivity index (χ3n) is 6.97. The van der Waals surface area contributed by atoms with Gasteiger partial charge < -0.3 is 25.0 Å².